The predicted molar refractivity (Wildman–Crippen MR) is 260 cm³/mol. The van der Waals surface area contributed by atoms with E-state index in [9.17, 15) is 14.4 Å². The number of esters is 3. The van der Waals surface area contributed by atoms with Crippen molar-refractivity contribution in [2.45, 2.75) is 207 Å². The first-order chi connectivity index (χ1) is 30.0. The highest BCUT2D eigenvalue weighted by molar-refractivity contribution is 5.71. The zero-order valence-electron chi connectivity index (χ0n) is 39.1. The van der Waals surface area contributed by atoms with Gasteiger partial charge in [0.05, 0.1) is 0 Å². The maximum absolute atomic E-state index is 12.8. The molecule has 344 valence electrons. The highest BCUT2D eigenvalue weighted by Crippen LogP contribution is 2.12. The number of carbonyl (C=O) groups is 3. The lowest BCUT2D eigenvalue weighted by Gasteiger charge is -2.18. The van der Waals surface area contributed by atoms with Crippen LogP contribution in [0, 0.1) is 0 Å². The molecule has 0 fully saturated rings. The summed E-state index contributed by atoms with van der Waals surface area (Å²) < 4.78 is 16.7. The Morgan fingerprint density at radius 2 is 0.689 bits per heavy atom. The molecule has 0 aliphatic heterocycles. The number of hydrogen-bond donors (Lipinski definition) is 0. The zero-order chi connectivity index (χ0) is 44.4. The lowest BCUT2D eigenvalue weighted by Crippen LogP contribution is -2.30. The molecule has 1 atom stereocenters. The molecule has 6 nitrogen and oxygen atoms in total. The quantitative estimate of drug-likeness (QED) is 0.0200. The summed E-state index contributed by atoms with van der Waals surface area (Å²) in [6.07, 6.45) is 65.0. The molecule has 0 radical (unpaired) electrons. The molecule has 0 heterocycles. The predicted octanol–water partition coefficient (Wildman–Crippen LogP) is 16.0. The first kappa shape index (κ1) is 57.1. The molecule has 1 unspecified atom stereocenters. The average Bonchev–Trinajstić information content (AvgIpc) is 3.26. The van der Waals surface area contributed by atoms with Crippen molar-refractivity contribution in [1.82, 2.24) is 0 Å². The highest BCUT2D eigenvalue weighted by Gasteiger charge is 2.19. The minimum atomic E-state index is -0.810. The van der Waals surface area contributed by atoms with E-state index >= 15 is 0 Å². The van der Waals surface area contributed by atoms with Crippen LogP contribution in [0.2, 0.25) is 0 Å². The van der Waals surface area contributed by atoms with Gasteiger partial charge in [-0.1, -0.05) is 182 Å². The molecule has 0 aliphatic rings. The Hall–Kier alpha value is -3.93. The molecule has 6 heteroatoms. The Morgan fingerprint density at radius 3 is 1.11 bits per heavy atom. The van der Waals surface area contributed by atoms with Crippen LogP contribution in [0.4, 0.5) is 0 Å². The molecule has 0 rings (SSSR count). The van der Waals surface area contributed by atoms with Gasteiger partial charge in [0.25, 0.3) is 0 Å². The van der Waals surface area contributed by atoms with Gasteiger partial charge in [-0.3, -0.25) is 14.4 Å². The van der Waals surface area contributed by atoms with E-state index in [-0.39, 0.29) is 31.1 Å². The van der Waals surface area contributed by atoms with Crippen LogP contribution in [-0.4, -0.2) is 37.2 Å². The minimum Gasteiger partial charge on any atom is -0.462 e. The second kappa shape index (κ2) is 48.7. The van der Waals surface area contributed by atoms with Crippen LogP contribution in [0.1, 0.15) is 201 Å². The third-order valence-electron chi connectivity index (χ3n) is 9.77. The third-order valence-corrected chi connectivity index (χ3v) is 9.77. The summed E-state index contributed by atoms with van der Waals surface area (Å²) in [6, 6.07) is 0. The van der Waals surface area contributed by atoms with Crippen LogP contribution in [0.15, 0.2) is 109 Å². The topological polar surface area (TPSA) is 78.9 Å². The highest BCUT2D eigenvalue weighted by atomic mass is 16.6. The monoisotopic (exact) mass is 845 g/mol. The Labute approximate surface area is 374 Å². The number of unbranched alkanes of at least 4 members (excludes halogenated alkanes) is 14. The second-order valence-corrected chi connectivity index (χ2v) is 15.6. The summed E-state index contributed by atoms with van der Waals surface area (Å²) in [5, 5.41) is 0. The molecule has 0 bridgehead atoms. The van der Waals surface area contributed by atoms with Gasteiger partial charge in [-0.2, -0.15) is 0 Å². The normalized spacial score (nSPS) is 13.0. The van der Waals surface area contributed by atoms with Gasteiger partial charge in [0.15, 0.2) is 6.10 Å². The van der Waals surface area contributed by atoms with Crippen LogP contribution < -0.4 is 0 Å². The van der Waals surface area contributed by atoms with E-state index in [0.29, 0.717) is 19.3 Å². The SMILES string of the molecule is CC/C=C\C/C=C\C/C=C\C/C=C\CCCCCC(=O)OCC(COC(=O)CCCCC/C=C\C=C/CCCC)OC(=O)CCCCCCCC/C=C\C/C=C\C/C=C\CC. The summed E-state index contributed by atoms with van der Waals surface area (Å²) in [7, 11) is 0. The van der Waals surface area contributed by atoms with E-state index in [1.165, 1.54) is 25.7 Å². The molecular weight excluding hydrogens is 757 g/mol. The number of hydrogen-bond acceptors (Lipinski definition) is 6. The Kier molecular flexibility index (Phi) is 45.6. The smallest absolute Gasteiger partial charge is 0.306 e. The molecule has 0 aromatic heterocycles. The minimum absolute atomic E-state index is 0.110. The molecule has 0 saturated heterocycles. The van der Waals surface area contributed by atoms with Gasteiger partial charge < -0.3 is 14.2 Å². The van der Waals surface area contributed by atoms with Gasteiger partial charge in [-0.05, 0) is 109 Å². The summed E-state index contributed by atoms with van der Waals surface area (Å²) in [4.78, 5) is 37.9. The Balaban J connectivity index is 4.50. The number of carbonyl (C=O) groups excluding carboxylic acids is 3. The van der Waals surface area contributed by atoms with Crippen molar-refractivity contribution in [3.63, 3.8) is 0 Å². The molecule has 0 aromatic carbocycles. The Bertz CT molecular complexity index is 1290. The standard InChI is InChI=1S/C55H88O6/c1-4-7-10-13-16-19-22-24-26-28-30-33-36-39-42-45-48-54(57)60-51-52(50-59-53(56)47-44-41-38-35-32-21-18-15-12-9-6-3)61-55(58)49-46-43-40-37-34-31-29-27-25-23-20-17-14-11-8-5-2/h7-8,10-11,15-21,24-27,30,32-33,52H,4-6,9,12-14,22-23,28-29,31,34-51H2,1-3H3/b10-7-,11-8-,18-15-,19-16-,20-17-,26-24-,27-25-,32-21-,33-30-. The van der Waals surface area contributed by atoms with Crippen LogP contribution in [-0.2, 0) is 28.6 Å². The van der Waals surface area contributed by atoms with Crippen molar-refractivity contribution < 1.29 is 28.6 Å². The van der Waals surface area contributed by atoms with E-state index in [2.05, 4.69) is 130 Å². The number of rotatable bonds is 42. The first-order valence-electron chi connectivity index (χ1n) is 24.4. The number of ether oxygens (including phenoxy) is 3. The third kappa shape index (κ3) is 47.0. The second-order valence-electron chi connectivity index (χ2n) is 15.6. The molecule has 61 heavy (non-hydrogen) atoms. The van der Waals surface area contributed by atoms with E-state index in [0.717, 1.165) is 135 Å². The molecule has 0 N–H and O–H groups in total. The summed E-state index contributed by atoms with van der Waals surface area (Å²) >= 11 is 0. The summed E-state index contributed by atoms with van der Waals surface area (Å²) in [6.45, 7) is 6.27. The van der Waals surface area contributed by atoms with Crippen molar-refractivity contribution in [3.8, 4) is 0 Å². The maximum Gasteiger partial charge on any atom is 0.306 e. The van der Waals surface area contributed by atoms with E-state index < -0.39 is 6.10 Å². The van der Waals surface area contributed by atoms with Crippen molar-refractivity contribution in [3.05, 3.63) is 109 Å². The van der Waals surface area contributed by atoms with E-state index in [4.69, 9.17) is 14.2 Å². The number of allylic oxidation sites excluding steroid dienone is 18. The maximum atomic E-state index is 12.8. The van der Waals surface area contributed by atoms with Crippen LogP contribution in [0.25, 0.3) is 0 Å². The van der Waals surface area contributed by atoms with Gasteiger partial charge in [-0.15, -0.1) is 0 Å². The fourth-order valence-corrected chi connectivity index (χ4v) is 6.13. The fourth-order valence-electron chi connectivity index (χ4n) is 6.13. The van der Waals surface area contributed by atoms with Gasteiger partial charge >= 0.3 is 17.9 Å². The van der Waals surface area contributed by atoms with Crippen LogP contribution in [0.3, 0.4) is 0 Å². The van der Waals surface area contributed by atoms with Crippen LogP contribution >= 0.6 is 0 Å². The van der Waals surface area contributed by atoms with Gasteiger partial charge in [-0.25, -0.2) is 0 Å². The van der Waals surface area contributed by atoms with Crippen molar-refractivity contribution in [1.29, 1.82) is 0 Å². The molecule has 0 aromatic rings. The van der Waals surface area contributed by atoms with Gasteiger partial charge in [0, 0.05) is 19.3 Å². The van der Waals surface area contributed by atoms with E-state index in [1.54, 1.807) is 0 Å². The lowest BCUT2D eigenvalue weighted by atomic mass is 10.1. The average molecular weight is 845 g/mol. The summed E-state index contributed by atoms with van der Waals surface area (Å²) in [5.41, 5.74) is 0. The zero-order valence-corrected chi connectivity index (χ0v) is 39.1. The first-order valence-corrected chi connectivity index (χ1v) is 24.4. The summed E-state index contributed by atoms with van der Waals surface area (Å²) in [5.74, 6) is -0.989. The van der Waals surface area contributed by atoms with Gasteiger partial charge in [0.2, 0.25) is 0 Å². The molecule has 0 spiro atoms. The molecule has 0 saturated carbocycles. The molecule has 0 aliphatic carbocycles. The van der Waals surface area contributed by atoms with Crippen molar-refractivity contribution in [2.75, 3.05) is 13.2 Å². The largest absolute Gasteiger partial charge is 0.462 e. The van der Waals surface area contributed by atoms with Gasteiger partial charge in [0.1, 0.15) is 13.2 Å². The van der Waals surface area contributed by atoms with Crippen LogP contribution in [0.5, 0.6) is 0 Å². The van der Waals surface area contributed by atoms with Crippen molar-refractivity contribution in [2.24, 2.45) is 0 Å². The fraction of sp³-hybridized carbons (Fsp3) is 0.618. The molecular formula is C55H88O6. The molecule has 0 amide bonds. The van der Waals surface area contributed by atoms with E-state index in [1.807, 2.05) is 0 Å². The lowest BCUT2D eigenvalue weighted by molar-refractivity contribution is -0.167. The Morgan fingerprint density at radius 1 is 0.361 bits per heavy atom. The van der Waals surface area contributed by atoms with Crippen molar-refractivity contribution >= 4 is 17.9 Å².